The lowest BCUT2D eigenvalue weighted by Gasteiger charge is -2.03. The Hall–Kier alpha value is -1.25. The third kappa shape index (κ3) is 0.932. The number of fused-ring (bicyclic) bond motifs is 1. The van der Waals surface area contributed by atoms with Crippen LogP contribution in [0.5, 0.6) is 0 Å². The largest absolute Gasteiger partial charge is 0.257 e. The maximum absolute atomic E-state index is 4.30. The van der Waals surface area contributed by atoms with Crippen LogP contribution in [0.3, 0.4) is 0 Å². The summed E-state index contributed by atoms with van der Waals surface area (Å²) in [6, 6.07) is 0. The van der Waals surface area contributed by atoms with E-state index in [1.807, 2.05) is 6.21 Å². The molecule has 0 saturated carbocycles. The molecule has 0 radical (unpaired) electrons. The van der Waals surface area contributed by atoms with E-state index in [0.29, 0.717) is 5.92 Å². The fraction of sp³-hybridized carbons (Fsp3) is 0.444. The van der Waals surface area contributed by atoms with E-state index in [1.54, 1.807) is 6.33 Å². The molecular weight excluding hydrogens is 150 g/mol. The van der Waals surface area contributed by atoms with Gasteiger partial charge in [-0.1, -0.05) is 13.8 Å². The van der Waals surface area contributed by atoms with Crippen molar-refractivity contribution in [2.45, 2.75) is 26.2 Å². The quantitative estimate of drug-likeness (QED) is 0.630. The van der Waals surface area contributed by atoms with Crippen molar-refractivity contribution in [3.8, 4) is 0 Å². The second kappa shape index (κ2) is 2.66. The van der Waals surface area contributed by atoms with Gasteiger partial charge in [0, 0.05) is 12.1 Å². The summed E-state index contributed by atoms with van der Waals surface area (Å²) in [5, 5.41) is 0. The van der Waals surface area contributed by atoms with Gasteiger partial charge in [-0.15, -0.1) is 0 Å². The van der Waals surface area contributed by atoms with Crippen LogP contribution in [-0.2, 0) is 6.42 Å². The number of aryl methyl sites for hydroxylation is 1. The summed E-state index contributed by atoms with van der Waals surface area (Å²) in [5.74, 6) is 0.355. The zero-order chi connectivity index (χ0) is 8.55. The summed E-state index contributed by atoms with van der Waals surface area (Å²) in [7, 11) is 0. The van der Waals surface area contributed by atoms with Gasteiger partial charge >= 0.3 is 0 Å². The van der Waals surface area contributed by atoms with Crippen LogP contribution in [0.15, 0.2) is 11.3 Å². The maximum atomic E-state index is 4.30. The van der Waals surface area contributed by atoms with Crippen LogP contribution in [0.25, 0.3) is 0 Å². The van der Waals surface area contributed by atoms with Crippen LogP contribution < -0.4 is 0 Å². The SMILES string of the molecule is CCc1ncnc2c1N=CC2C. The van der Waals surface area contributed by atoms with Gasteiger partial charge in [-0.05, 0) is 6.42 Å². The molecule has 0 aromatic carbocycles. The van der Waals surface area contributed by atoms with E-state index >= 15 is 0 Å². The van der Waals surface area contributed by atoms with Crippen LogP contribution in [0.4, 0.5) is 5.69 Å². The molecule has 3 nitrogen and oxygen atoms in total. The van der Waals surface area contributed by atoms with E-state index in [-0.39, 0.29) is 0 Å². The van der Waals surface area contributed by atoms with Gasteiger partial charge in [0.15, 0.2) is 0 Å². The molecule has 0 N–H and O–H groups in total. The van der Waals surface area contributed by atoms with E-state index in [2.05, 4.69) is 28.8 Å². The number of hydrogen-bond donors (Lipinski definition) is 0. The van der Waals surface area contributed by atoms with Gasteiger partial charge in [0.2, 0.25) is 0 Å². The summed E-state index contributed by atoms with van der Waals surface area (Å²) in [4.78, 5) is 12.7. The fourth-order valence-corrected chi connectivity index (χ4v) is 1.42. The molecule has 0 spiro atoms. The van der Waals surface area contributed by atoms with Crippen LogP contribution in [0, 0.1) is 0 Å². The first kappa shape index (κ1) is 7.40. The van der Waals surface area contributed by atoms with Crippen LogP contribution in [0.2, 0.25) is 0 Å². The minimum absolute atomic E-state index is 0.355. The topological polar surface area (TPSA) is 38.1 Å². The Bertz CT molecular complexity index is 331. The lowest BCUT2D eigenvalue weighted by Crippen LogP contribution is -1.96. The Labute approximate surface area is 71.6 Å². The van der Waals surface area contributed by atoms with E-state index in [1.165, 1.54) is 0 Å². The Balaban J connectivity index is 2.57. The van der Waals surface area contributed by atoms with Crippen molar-refractivity contribution >= 4 is 11.9 Å². The summed E-state index contributed by atoms with van der Waals surface area (Å²) in [5.41, 5.74) is 3.12. The third-order valence-electron chi connectivity index (χ3n) is 2.12. The van der Waals surface area contributed by atoms with Crippen LogP contribution in [0.1, 0.15) is 31.2 Å². The smallest absolute Gasteiger partial charge is 0.116 e. The van der Waals surface area contributed by atoms with Gasteiger partial charge in [-0.2, -0.15) is 0 Å². The minimum Gasteiger partial charge on any atom is -0.257 e. The average molecular weight is 161 g/mol. The van der Waals surface area contributed by atoms with Crippen molar-refractivity contribution in [1.82, 2.24) is 9.97 Å². The van der Waals surface area contributed by atoms with Crippen molar-refractivity contribution in [3.63, 3.8) is 0 Å². The highest BCUT2D eigenvalue weighted by molar-refractivity contribution is 5.79. The van der Waals surface area contributed by atoms with E-state index < -0.39 is 0 Å². The first-order chi connectivity index (χ1) is 5.83. The van der Waals surface area contributed by atoms with Crippen molar-refractivity contribution < 1.29 is 0 Å². The zero-order valence-electron chi connectivity index (χ0n) is 7.28. The molecule has 1 aromatic rings. The molecule has 2 heterocycles. The first-order valence-electron chi connectivity index (χ1n) is 4.21. The Kier molecular flexibility index (Phi) is 1.64. The highest BCUT2D eigenvalue weighted by Crippen LogP contribution is 2.31. The van der Waals surface area contributed by atoms with Gasteiger partial charge in [0.1, 0.15) is 12.0 Å². The molecule has 12 heavy (non-hydrogen) atoms. The number of nitrogens with zero attached hydrogens (tertiary/aromatic N) is 3. The van der Waals surface area contributed by atoms with Crippen LogP contribution in [-0.4, -0.2) is 16.2 Å². The Morgan fingerprint density at radius 3 is 3.00 bits per heavy atom. The predicted molar refractivity (Wildman–Crippen MR) is 48.0 cm³/mol. The van der Waals surface area contributed by atoms with Crippen molar-refractivity contribution in [1.29, 1.82) is 0 Å². The monoisotopic (exact) mass is 161 g/mol. The zero-order valence-corrected chi connectivity index (χ0v) is 7.28. The van der Waals surface area contributed by atoms with Gasteiger partial charge in [-0.3, -0.25) is 4.99 Å². The predicted octanol–water partition coefficient (Wildman–Crippen LogP) is 1.86. The van der Waals surface area contributed by atoms with Crippen molar-refractivity contribution in [2.75, 3.05) is 0 Å². The molecule has 1 aliphatic rings. The highest BCUT2D eigenvalue weighted by atomic mass is 14.9. The van der Waals surface area contributed by atoms with E-state index in [0.717, 1.165) is 23.5 Å². The first-order valence-corrected chi connectivity index (χ1v) is 4.21. The lowest BCUT2D eigenvalue weighted by molar-refractivity contribution is 0.929. The number of aliphatic imine (C=N–C) groups is 1. The maximum Gasteiger partial charge on any atom is 0.116 e. The standard InChI is InChI=1S/C9H11N3/c1-3-7-9-8(12-5-11-7)6(2)4-10-9/h4-6H,3H2,1-2H3. The van der Waals surface area contributed by atoms with Crippen molar-refractivity contribution in [3.05, 3.63) is 17.7 Å². The molecule has 1 aliphatic heterocycles. The highest BCUT2D eigenvalue weighted by Gasteiger charge is 2.18. The normalized spacial score (nSPS) is 19.7. The van der Waals surface area contributed by atoms with Crippen LogP contribution >= 0.6 is 0 Å². The summed E-state index contributed by atoms with van der Waals surface area (Å²) >= 11 is 0. The average Bonchev–Trinajstić information content (AvgIpc) is 2.48. The Morgan fingerprint density at radius 1 is 1.42 bits per heavy atom. The molecule has 62 valence electrons. The summed E-state index contributed by atoms with van der Waals surface area (Å²) in [6.07, 6.45) is 4.48. The molecule has 0 fully saturated rings. The van der Waals surface area contributed by atoms with Gasteiger partial charge in [0.25, 0.3) is 0 Å². The Morgan fingerprint density at radius 2 is 2.25 bits per heavy atom. The molecule has 0 saturated heterocycles. The lowest BCUT2D eigenvalue weighted by atomic mass is 10.1. The van der Waals surface area contributed by atoms with Crippen molar-refractivity contribution in [2.24, 2.45) is 4.99 Å². The van der Waals surface area contributed by atoms with E-state index in [4.69, 9.17) is 0 Å². The third-order valence-corrected chi connectivity index (χ3v) is 2.12. The van der Waals surface area contributed by atoms with E-state index in [9.17, 15) is 0 Å². The second-order valence-electron chi connectivity index (χ2n) is 2.97. The molecule has 3 heteroatoms. The molecule has 0 aliphatic carbocycles. The molecular formula is C9H11N3. The summed E-state index contributed by atoms with van der Waals surface area (Å²) in [6.45, 7) is 4.18. The van der Waals surface area contributed by atoms with Gasteiger partial charge < -0.3 is 0 Å². The number of rotatable bonds is 1. The summed E-state index contributed by atoms with van der Waals surface area (Å²) < 4.78 is 0. The number of hydrogen-bond acceptors (Lipinski definition) is 3. The second-order valence-corrected chi connectivity index (χ2v) is 2.97. The van der Waals surface area contributed by atoms with Gasteiger partial charge in [0.05, 0.1) is 11.4 Å². The fourth-order valence-electron chi connectivity index (χ4n) is 1.42. The van der Waals surface area contributed by atoms with Gasteiger partial charge in [-0.25, -0.2) is 9.97 Å². The molecule has 0 amide bonds. The molecule has 1 aromatic heterocycles. The molecule has 2 rings (SSSR count). The molecule has 0 bridgehead atoms. The molecule has 1 atom stereocenters. The molecule has 1 unspecified atom stereocenters. The number of aromatic nitrogens is 2. The minimum atomic E-state index is 0.355.